The molecule has 0 fully saturated rings. The molecule has 0 aliphatic rings. The fraction of sp³-hybridized carbons (Fsp3) is 0.133. The molecule has 0 radical (unpaired) electrons. The largest absolute Gasteiger partial charge is 0.347 e. The number of nitrogens with zero attached hydrogens (tertiary/aromatic N) is 2. The van der Waals surface area contributed by atoms with E-state index in [2.05, 4.69) is 31.5 Å². The summed E-state index contributed by atoms with van der Waals surface area (Å²) in [6, 6.07) is 7.29. The molecule has 8 heteroatoms. The molecule has 2 amide bonds. The van der Waals surface area contributed by atoms with Gasteiger partial charge in [-0.2, -0.15) is 0 Å². The lowest BCUT2D eigenvalue weighted by atomic mass is 10.3. The van der Waals surface area contributed by atoms with E-state index in [4.69, 9.17) is 0 Å². The Morgan fingerprint density at radius 1 is 1.26 bits per heavy atom. The van der Waals surface area contributed by atoms with Crippen LogP contribution < -0.4 is 10.6 Å². The second-order valence-corrected chi connectivity index (χ2v) is 6.53. The average Bonchev–Trinajstić information content (AvgIpc) is 3.09. The van der Waals surface area contributed by atoms with Gasteiger partial charge in [0.05, 0.1) is 24.3 Å². The van der Waals surface area contributed by atoms with Crippen LogP contribution in [0.2, 0.25) is 0 Å². The molecule has 118 valence electrons. The van der Waals surface area contributed by atoms with Crippen LogP contribution >= 0.6 is 27.3 Å². The van der Waals surface area contributed by atoms with Crippen LogP contribution in [-0.2, 0) is 16.0 Å². The number of hydrogen-bond acceptors (Lipinski definition) is 4. The molecule has 0 atom stereocenters. The van der Waals surface area contributed by atoms with Crippen molar-refractivity contribution in [2.45, 2.75) is 6.42 Å². The molecule has 0 saturated heterocycles. The molecule has 0 saturated carbocycles. The molecule has 0 unspecified atom stereocenters. The number of rotatable bonds is 5. The van der Waals surface area contributed by atoms with Crippen LogP contribution in [0.5, 0.6) is 0 Å². The number of anilines is 1. The SMILES string of the molecule is O=C(Cc1cn2ccsc2n1)NCC(=O)Nc1ccccc1Br. The molecule has 6 nitrogen and oxygen atoms in total. The zero-order valence-electron chi connectivity index (χ0n) is 12.0. The van der Waals surface area contributed by atoms with Crippen LogP contribution in [0, 0.1) is 0 Å². The predicted octanol–water partition coefficient (Wildman–Crippen LogP) is 2.46. The van der Waals surface area contributed by atoms with Crippen LogP contribution in [-0.4, -0.2) is 27.7 Å². The number of thiazole rings is 1. The lowest BCUT2D eigenvalue weighted by molar-refractivity contribution is -0.123. The number of amides is 2. The van der Waals surface area contributed by atoms with E-state index < -0.39 is 0 Å². The third-order valence-electron chi connectivity index (χ3n) is 3.08. The second-order valence-electron chi connectivity index (χ2n) is 4.81. The molecule has 23 heavy (non-hydrogen) atoms. The molecular formula is C15H13BrN4O2S. The number of benzene rings is 1. The number of nitrogens with one attached hydrogen (secondary N) is 2. The van der Waals surface area contributed by atoms with Gasteiger partial charge < -0.3 is 10.6 Å². The van der Waals surface area contributed by atoms with E-state index in [1.807, 2.05) is 40.4 Å². The normalized spacial score (nSPS) is 10.7. The summed E-state index contributed by atoms with van der Waals surface area (Å²) in [6.07, 6.45) is 3.85. The van der Waals surface area contributed by atoms with Gasteiger partial charge in [0, 0.05) is 22.2 Å². The van der Waals surface area contributed by atoms with E-state index in [1.165, 1.54) is 11.3 Å². The minimum Gasteiger partial charge on any atom is -0.347 e. The van der Waals surface area contributed by atoms with Gasteiger partial charge in [-0.3, -0.25) is 14.0 Å². The van der Waals surface area contributed by atoms with Crippen molar-refractivity contribution >= 4 is 49.7 Å². The number of imidazole rings is 1. The van der Waals surface area contributed by atoms with E-state index in [0.717, 1.165) is 9.43 Å². The fourth-order valence-electron chi connectivity index (χ4n) is 2.02. The highest BCUT2D eigenvalue weighted by Gasteiger charge is 2.10. The fourth-order valence-corrected chi connectivity index (χ4v) is 3.13. The van der Waals surface area contributed by atoms with Crippen LogP contribution in [0.3, 0.4) is 0 Å². The standard InChI is InChI=1S/C15H13BrN4O2S/c16-11-3-1-2-4-12(11)19-14(22)8-17-13(21)7-10-9-20-5-6-23-15(20)18-10/h1-6,9H,7-8H2,(H,17,21)(H,19,22). The third kappa shape index (κ3) is 3.96. The molecule has 0 spiro atoms. The van der Waals surface area contributed by atoms with Crippen molar-refractivity contribution in [1.29, 1.82) is 0 Å². The van der Waals surface area contributed by atoms with Gasteiger partial charge in [0.2, 0.25) is 11.8 Å². The van der Waals surface area contributed by atoms with Crippen molar-refractivity contribution in [2.75, 3.05) is 11.9 Å². The summed E-state index contributed by atoms with van der Waals surface area (Å²) in [5, 5.41) is 7.25. The van der Waals surface area contributed by atoms with Gasteiger partial charge in [0.1, 0.15) is 0 Å². The van der Waals surface area contributed by atoms with Crippen LogP contribution in [0.4, 0.5) is 5.69 Å². The number of hydrogen-bond donors (Lipinski definition) is 2. The Hall–Kier alpha value is -2.19. The molecule has 0 bridgehead atoms. The van der Waals surface area contributed by atoms with Gasteiger partial charge in [0.25, 0.3) is 0 Å². The first kappa shape index (κ1) is 15.7. The Labute approximate surface area is 144 Å². The van der Waals surface area contributed by atoms with E-state index in [9.17, 15) is 9.59 Å². The highest BCUT2D eigenvalue weighted by molar-refractivity contribution is 9.10. The minimum absolute atomic E-state index is 0.0810. The van der Waals surface area contributed by atoms with Gasteiger partial charge in [-0.05, 0) is 28.1 Å². The maximum absolute atomic E-state index is 11.9. The Morgan fingerprint density at radius 3 is 2.87 bits per heavy atom. The highest BCUT2D eigenvalue weighted by Crippen LogP contribution is 2.20. The summed E-state index contributed by atoms with van der Waals surface area (Å²) < 4.78 is 2.66. The van der Waals surface area contributed by atoms with Crippen molar-refractivity contribution in [2.24, 2.45) is 0 Å². The van der Waals surface area contributed by atoms with Gasteiger partial charge >= 0.3 is 0 Å². The van der Waals surface area contributed by atoms with Gasteiger partial charge in [-0.15, -0.1) is 11.3 Å². The lowest BCUT2D eigenvalue weighted by Gasteiger charge is -2.08. The molecule has 2 N–H and O–H groups in total. The monoisotopic (exact) mass is 392 g/mol. The van der Waals surface area contributed by atoms with Crippen LogP contribution in [0.25, 0.3) is 4.96 Å². The highest BCUT2D eigenvalue weighted by atomic mass is 79.9. The first-order chi connectivity index (χ1) is 11.1. The summed E-state index contributed by atoms with van der Waals surface area (Å²) in [5.74, 6) is -0.519. The second kappa shape index (κ2) is 6.93. The van der Waals surface area contributed by atoms with Crippen LogP contribution in [0.15, 0.2) is 46.5 Å². The number of carbonyl (C=O) groups excluding carboxylic acids is 2. The third-order valence-corrected chi connectivity index (χ3v) is 4.54. The molecular weight excluding hydrogens is 380 g/mol. The van der Waals surface area contributed by atoms with E-state index in [-0.39, 0.29) is 24.8 Å². The molecule has 2 aromatic heterocycles. The Morgan fingerprint density at radius 2 is 2.09 bits per heavy atom. The van der Waals surface area contributed by atoms with Gasteiger partial charge in [0.15, 0.2) is 4.96 Å². The number of aromatic nitrogens is 2. The van der Waals surface area contributed by atoms with Gasteiger partial charge in [-0.1, -0.05) is 12.1 Å². The van der Waals surface area contributed by atoms with Crippen molar-refractivity contribution in [1.82, 2.24) is 14.7 Å². The molecule has 0 aliphatic carbocycles. The van der Waals surface area contributed by atoms with Crippen LogP contribution in [0.1, 0.15) is 5.69 Å². The maximum Gasteiger partial charge on any atom is 0.243 e. The van der Waals surface area contributed by atoms with Gasteiger partial charge in [-0.25, -0.2) is 4.98 Å². The van der Waals surface area contributed by atoms with E-state index in [1.54, 1.807) is 6.07 Å². The first-order valence-corrected chi connectivity index (χ1v) is 8.51. The molecule has 3 rings (SSSR count). The van der Waals surface area contributed by atoms with Crippen molar-refractivity contribution < 1.29 is 9.59 Å². The average molecular weight is 393 g/mol. The number of para-hydroxylation sites is 1. The topological polar surface area (TPSA) is 75.5 Å². The molecule has 1 aromatic carbocycles. The maximum atomic E-state index is 11.9. The minimum atomic E-state index is -0.281. The molecule has 3 aromatic rings. The molecule has 0 aliphatic heterocycles. The predicted molar refractivity (Wildman–Crippen MR) is 92.6 cm³/mol. The Bertz CT molecular complexity index is 829. The number of halogens is 1. The van der Waals surface area contributed by atoms with Crippen molar-refractivity contribution in [3.63, 3.8) is 0 Å². The summed E-state index contributed by atoms with van der Waals surface area (Å²) in [4.78, 5) is 28.9. The lowest BCUT2D eigenvalue weighted by Crippen LogP contribution is -2.33. The zero-order chi connectivity index (χ0) is 16.2. The summed E-state index contributed by atoms with van der Waals surface area (Å²) in [5.41, 5.74) is 1.35. The number of fused-ring (bicyclic) bond motifs is 1. The van der Waals surface area contributed by atoms with E-state index >= 15 is 0 Å². The van der Waals surface area contributed by atoms with E-state index in [0.29, 0.717) is 11.4 Å². The van der Waals surface area contributed by atoms with Crippen molar-refractivity contribution in [3.8, 4) is 0 Å². The quantitative estimate of drug-likeness (QED) is 0.699. The summed E-state index contributed by atoms with van der Waals surface area (Å²) in [6.45, 7) is -0.0810. The molecule has 2 heterocycles. The smallest absolute Gasteiger partial charge is 0.243 e. The summed E-state index contributed by atoms with van der Waals surface area (Å²) in [7, 11) is 0. The Kier molecular flexibility index (Phi) is 4.73. The Balaban J connectivity index is 1.49. The number of carbonyl (C=O) groups is 2. The van der Waals surface area contributed by atoms with Crippen molar-refractivity contribution in [3.05, 3.63) is 52.2 Å². The first-order valence-electron chi connectivity index (χ1n) is 6.84. The summed E-state index contributed by atoms with van der Waals surface area (Å²) >= 11 is 4.86. The zero-order valence-corrected chi connectivity index (χ0v) is 14.4.